The molecule has 194 valence electrons. The fraction of sp³-hybridized carbons (Fsp3) is 0.0370. The average Bonchev–Trinajstić information content (AvgIpc) is 2.87. The zero-order valence-electron chi connectivity index (χ0n) is 19.6. The molecule has 7 nitrogen and oxygen atoms in total. The highest BCUT2D eigenvalue weighted by Gasteiger charge is 2.23. The Morgan fingerprint density at radius 2 is 1.50 bits per heavy atom. The number of sulfonamides is 1. The van der Waals surface area contributed by atoms with E-state index in [0.29, 0.717) is 16.4 Å². The van der Waals surface area contributed by atoms with Gasteiger partial charge in [-0.15, -0.1) is 11.8 Å². The third-order valence-corrected chi connectivity index (χ3v) is 8.04. The molecule has 0 bridgehead atoms. The summed E-state index contributed by atoms with van der Waals surface area (Å²) in [6, 6.07) is 26.5. The first-order valence-corrected chi connectivity index (χ1v) is 14.3. The highest BCUT2D eigenvalue weighted by atomic mass is 35.5. The molecule has 0 saturated heterocycles. The van der Waals surface area contributed by atoms with Gasteiger partial charge in [-0.2, -0.15) is 0 Å². The lowest BCUT2D eigenvalue weighted by Crippen LogP contribution is -2.19. The predicted molar refractivity (Wildman–Crippen MR) is 152 cm³/mol. The topological polar surface area (TPSA) is 118 Å². The number of primary sulfonamides is 1. The summed E-state index contributed by atoms with van der Waals surface area (Å²) in [4.78, 5) is 26.8. The van der Waals surface area contributed by atoms with Crippen LogP contribution in [-0.2, 0) is 14.8 Å². The summed E-state index contributed by atoms with van der Waals surface area (Å²) in [7, 11) is -3.84. The molecular formula is C27H21Cl2N3O4S2. The number of amides is 2. The number of hydrogen-bond acceptors (Lipinski definition) is 5. The van der Waals surface area contributed by atoms with Crippen LogP contribution in [0, 0.1) is 0 Å². The molecule has 38 heavy (non-hydrogen) atoms. The molecule has 0 heterocycles. The molecule has 11 heteroatoms. The zero-order valence-corrected chi connectivity index (χ0v) is 22.7. The van der Waals surface area contributed by atoms with E-state index < -0.39 is 21.2 Å². The van der Waals surface area contributed by atoms with Crippen molar-refractivity contribution in [1.29, 1.82) is 0 Å². The number of benzene rings is 4. The number of anilines is 2. The lowest BCUT2D eigenvalue weighted by atomic mass is 10.1. The largest absolute Gasteiger partial charge is 0.325 e. The molecule has 1 unspecified atom stereocenters. The first-order chi connectivity index (χ1) is 18.1. The van der Waals surface area contributed by atoms with Crippen molar-refractivity contribution >= 4 is 68.2 Å². The van der Waals surface area contributed by atoms with E-state index in [1.807, 2.05) is 36.4 Å². The number of hydrogen-bond donors (Lipinski definition) is 3. The Labute approximate surface area is 234 Å². The first-order valence-electron chi connectivity index (χ1n) is 11.1. The maximum absolute atomic E-state index is 13.3. The quantitative estimate of drug-likeness (QED) is 0.208. The van der Waals surface area contributed by atoms with Crippen molar-refractivity contribution < 1.29 is 18.0 Å². The standard InChI is InChI=1S/C27H21Cl2N3O4S2/c28-18-9-14-23(24(29)15-18)26(33)32-20-7-4-8-21(16-20)37-25(17-5-2-1-3-6-17)27(34)31-19-10-12-22(13-11-19)38(30,35)36/h1-16,25H,(H,31,34)(H,32,33)(H2,30,35,36). The van der Waals surface area contributed by atoms with Crippen LogP contribution in [0.3, 0.4) is 0 Å². The van der Waals surface area contributed by atoms with E-state index in [9.17, 15) is 18.0 Å². The second-order valence-corrected chi connectivity index (χ2v) is 11.7. The minimum atomic E-state index is -3.84. The van der Waals surface area contributed by atoms with E-state index in [1.54, 1.807) is 30.3 Å². The summed E-state index contributed by atoms with van der Waals surface area (Å²) in [5, 5.41) is 10.8. The van der Waals surface area contributed by atoms with Gasteiger partial charge < -0.3 is 10.6 Å². The van der Waals surface area contributed by atoms with Crippen molar-refractivity contribution in [2.24, 2.45) is 5.14 Å². The normalized spacial score (nSPS) is 12.0. The molecule has 0 radical (unpaired) electrons. The minimum absolute atomic E-state index is 0.0526. The van der Waals surface area contributed by atoms with Crippen LogP contribution in [0.2, 0.25) is 10.0 Å². The van der Waals surface area contributed by atoms with Crippen molar-refractivity contribution in [3.63, 3.8) is 0 Å². The molecule has 4 aromatic carbocycles. The Kier molecular flexibility index (Phi) is 8.76. The maximum atomic E-state index is 13.3. The fourth-order valence-corrected chi connectivity index (χ4v) is 5.59. The van der Waals surface area contributed by atoms with Crippen LogP contribution in [0.1, 0.15) is 21.2 Å². The molecule has 4 rings (SSSR count). The van der Waals surface area contributed by atoms with E-state index in [0.717, 1.165) is 10.5 Å². The van der Waals surface area contributed by atoms with Gasteiger partial charge in [0.1, 0.15) is 5.25 Å². The number of rotatable bonds is 8. The lowest BCUT2D eigenvalue weighted by Gasteiger charge is -2.18. The van der Waals surface area contributed by atoms with Crippen LogP contribution in [-0.4, -0.2) is 20.2 Å². The molecule has 0 spiro atoms. The molecule has 0 fully saturated rings. The van der Waals surface area contributed by atoms with Crippen molar-refractivity contribution in [2.75, 3.05) is 10.6 Å². The molecule has 1 atom stereocenters. The van der Waals surface area contributed by atoms with Gasteiger partial charge in [-0.1, -0.05) is 59.6 Å². The Morgan fingerprint density at radius 1 is 0.789 bits per heavy atom. The summed E-state index contributed by atoms with van der Waals surface area (Å²) in [5.74, 6) is -0.707. The molecule has 4 N–H and O–H groups in total. The van der Waals surface area contributed by atoms with E-state index >= 15 is 0 Å². The van der Waals surface area contributed by atoms with Crippen LogP contribution >= 0.6 is 35.0 Å². The summed E-state index contributed by atoms with van der Waals surface area (Å²) in [5.41, 5.74) is 1.99. The maximum Gasteiger partial charge on any atom is 0.257 e. The van der Waals surface area contributed by atoms with E-state index in [4.69, 9.17) is 28.3 Å². The van der Waals surface area contributed by atoms with Crippen molar-refractivity contribution in [3.05, 3.63) is 118 Å². The van der Waals surface area contributed by atoms with Crippen molar-refractivity contribution in [3.8, 4) is 0 Å². The molecule has 0 aliphatic rings. The summed E-state index contributed by atoms with van der Waals surface area (Å²) < 4.78 is 23.0. The third kappa shape index (κ3) is 7.15. The van der Waals surface area contributed by atoms with Gasteiger partial charge in [-0.3, -0.25) is 9.59 Å². The van der Waals surface area contributed by atoms with Gasteiger partial charge in [0.25, 0.3) is 5.91 Å². The Morgan fingerprint density at radius 3 is 2.16 bits per heavy atom. The lowest BCUT2D eigenvalue weighted by molar-refractivity contribution is -0.115. The molecular weight excluding hydrogens is 565 g/mol. The van der Waals surface area contributed by atoms with Crippen molar-refractivity contribution in [1.82, 2.24) is 0 Å². The number of halogens is 2. The van der Waals surface area contributed by atoms with Crippen LogP contribution in [0.25, 0.3) is 0 Å². The number of carbonyl (C=O) groups excluding carboxylic acids is 2. The van der Waals surface area contributed by atoms with Gasteiger partial charge in [0, 0.05) is 21.3 Å². The Bertz CT molecular complexity index is 1580. The van der Waals surface area contributed by atoms with Crippen LogP contribution in [0.5, 0.6) is 0 Å². The molecule has 0 aromatic heterocycles. The minimum Gasteiger partial charge on any atom is -0.325 e. The zero-order chi connectivity index (χ0) is 27.3. The Balaban J connectivity index is 1.54. The third-order valence-electron chi connectivity index (χ3n) is 5.31. The van der Waals surface area contributed by atoms with Gasteiger partial charge >= 0.3 is 0 Å². The van der Waals surface area contributed by atoms with Crippen LogP contribution in [0.4, 0.5) is 11.4 Å². The van der Waals surface area contributed by atoms with Gasteiger partial charge in [-0.25, -0.2) is 13.6 Å². The molecule has 2 amide bonds. The van der Waals surface area contributed by atoms with E-state index in [-0.39, 0.29) is 21.4 Å². The van der Waals surface area contributed by atoms with Gasteiger partial charge in [0.15, 0.2) is 0 Å². The fourth-order valence-electron chi connectivity index (χ4n) is 3.49. The van der Waals surface area contributed by atoms with Gasteiger partial charge in [-0.05, 0) is 66.2 Å². The second kappa shape index (κ2) is 12.0. The van der Waals surface area contributed by atoms with E-state index in [2.05, 4.69) is 10.6 Å². The van der Waals surface area contributed by atoms with Gasteiger partial charge in [0.05, 0.1) is 15.5 Å². The first kappa shape index (κ1) is 27.7. The molecule has 4 aromatic rings. The average molecular weight is 587 g/mol. The predicted octanol–water partition coefficient (Wildman–Crippen LogP) is 6.37. The summed E-state index contributed by atoms with van der Waals surface area (Å²) >= 11 is 13.4. The molecule has 0 aliphatic heterocycles. The second-order valence-electron chi connectivity index (χ2n) is 8.07. The van der Waals surface area contributed by atoms with E-state index in [1.165, 1.54) is 42.1 Å². The SMILES string of the molecule is NS(=O)(=O)c1ccc(NC(=O)C(Sc2cccc(NC(=O)c3ccc(Cl)cc3Cl)c2)c2ccccc2)cc1. The van der Waals surface area contributed by atoms with Crippen molar-refractivity contribution in [2.45, 2.75) is 15.0 Å². The molecule has 0 saturated carbocycles. The monoisotopic (exact) mass is 585 g/mol. The Hall–Kier alpha value is -3.34. The summed E-state index contributed by atoms with van der Waals surface area (Å²) in [6.45, 7) is 0. The molecule has 0 aliphatic carbocycles. The number of carbonyl (C=O) groups is 2. The highest BCUT2D eigenvalue weighted by molar-refractivity contribution is 8.00. The van der Waals surface area contributed by atoms with Crippen LogP contribution in [0.15, 0.2) is 107 Å². The number of nitrogens with one attached hydrogen (secondary N) is 2. The number of thioether (sulfide) groups is 1. The van der Waals surface area contributed by atoms with Gasteiger partial charge in [0.2, 0.25) is 15.9 Å². The smallest absolute Gasteiger partial charge is 0.257 e. The highest BCUT2D eigenvalue weighted by Crippen LogP contribution is 2.37. The summed E-state index contributed by atoms with van der Waals surface area (Å²) in [6.07, 6.45) is 0. The number of nitrogens with two attached hydrogens (primary N) is 1. The van der Waals surface area contributed by atoms with Crippen LogP contribution < -0.4 is 15.8 Å².